The smallest absolute Gasteiger partial charge is 0.243 e. The summed E-state index contributed by atoms with van der Waals surface area (Å²) < 4.78 is 26.8. The number of Topliss-reactive ketones (excluding diaryl/α,β-unsaturated/α-hetero) is 1. The van der Waals surface area contributed by atoms with Crippen LogP contribution in [0.1, 0.15) is 24.8 Å². The fourth-order valence-corrected chi connectivity index (χ4v) is 4.80. The first-order valence-corrected chi connectivity index (χ1v) is 8.49. The summed E-state index contributed by atoms with van der Waals surface area (Å²) in [5.41, 5.74) is 1.05. The van der Waals surface area contributed by atoms with E-state index in [4.69, 9.17) is 0 Å². The molecule has 2 aliphatic rings. The molecule has 2 fully saturated rings. The average Bonchev–Trinajstić information content (AvgIpc) is 2.83. The Hall–Kier alpha value is -1.20. The van der Waals surface area contributed by atoms with E-state index in [1.165, 1.54) is 0 Å². The van der Waals surface area contributed by atoms with Crippen LogP contribution in [0.2, 0.25) is 0 Å². The highest BCUT2D eigenvalue weighted by Gasteiger charge is 2.41. The molecular weight excluding hydrogens is 274 g/mol. The zero-order chi connectivity index (χ0) is 14.3. The molecule has 0 amide bonds. The second-order valence-electron chi connectivity index (χ2n) is 5.94. The lowest BCUT2D eigenvalue weighted by atomic mass is 9.81. The number of hydrogen-bond acceptors (Lipinski definition) is 3. The molecule has 1 saturated carbocycles. The summed E-state index contributed by atoms with van der Waals surface area (Å²) in [6, 6.07) is 6.97. The molecule has 1 aliphatic heterocycles. The minimum Gasteiger partial charge on any atom is -0.300 e. The molecule has 2 atom stereocenters. The Bertz CT molecular complexity index is 621. The number of aryl methyl sites for hydroxylation is 1. The van der Waals surface area contributed by atoms with Crippen molar-refractivity contribution in [2.24, 2.45) is 11.8 Å². The lowest BCUT2D eigenvalue weighted by molar-refractivity contribution is -0.122. The summed E-state index contributed by atoms with van der Waals surface area (Å²) in [5, 5.41) is 0. The van der Waals surface area contributed by atoms with Crippen LogP contribution < -0.4 is 0 Å². The number of sulfonamides is 1. The Morgan fingerprint density at radius 1 is 1.10 bits per heavy atom. The van der Waals surface area contributed by atoms with Gasteiger partial charge in [-0.1, -0.05) is 17.7 Å². The van der Waals surface area contributed by atoms with E-state index in [1.807, 2.05) is 19.1 Å². The number of fused-ring (bicyclic) bond motifs is 1. The van der Waals surface area contributed by atoms with E-state index in [0.717, 1.165) is 12.0 Å². The third kappa shape index (κ3) is 2.40. The number of ketones is 1. The average molecular weight is 293 g/mol. The summed E-state index contributed by atoms with van der Waals surface area (Å²) in [4.78, 5) is 11.9. The van der Waals surface area contributed by atoms with E-state index in [-0.39, 0.29) is 11.7 Å². The van der Waals surface area contributed by atoms with Crippen molar-refractivity contribution in [1.29, 1.82) is 0 Å². The zero-order valence-corrected chi connectivity index (χ0v) is 12.4. The molecule has 1 aromatic rings. The third-order valence-electron chi connectivity index (χ3n) is 4.49. The van der Waals surface area contributed by atoms with Crippen LogP contribution in [0.4, 0.5) is 0 Å². The summed E-state index contributed by atoms with van der Waals surface area (Å²) in [6.45, 7) is 2.99. The summed E-state index contributed by atoms with van der Waals surface area (Å²) in [7, 11) is -3.41. The fourth-order valence-electron chi connectivity index (χ4n) is 3.25. The molecule has 4 nitrogen and oxygen atoms in total. The minimum atomic E-state index is -3.41. The van der Waals surface area contributed by atoms with Gasteiger partial charge in [-0.05, 0) is 37.3 Å². The molecule has 0 aromatic heterocycles. The molecule has 0 bridgehead atoms. The normalized spacial score (nSPS) is 27.6. The van der Waals surface area contributed by atoms with Crippen molar-refractivity contribution in [1.82, 2.24) is 4.31 Å². The summed E-state index contributed by atoms with van der Waals surface area (Å²) >= 11 is 0. The van der Waals surface area contributed by atoms with Crippen molar-refractivity contribution in [2.75, 3.05) is 13.1 Å². The van der Waals surface area contributed by atoms with Crippen molar-refractivity contribution in [3.8, 4) is 0 Å². The Morgan fingerprint density at radius 3 is 2.45 bits per heavy atom. The van der Waals surface area contributed by atoms with Crippen LogP contribution in [0.25, 0.3) is 0 Å². The predicted molar refractivity (Wildman–Crippen MR) is 75.8 cm³/mol. The lowest BCUT2D eigenvalue weighted by Crippen LogP contribution is -2.29. The quantitative estimate of drug-likeness (QED) is 0.838. The Labute approximate surface area is 119 Å². The van der Waals surface area contributed by atoms with Gasteiger partial charge in [-0.15, -0.1) is 0 Å². The first-order chi connectivity index (χ1) is 9.46. The van der Waals surface area contributed by atoms with Crippen molar-refractivity contribution in [3.05, 3.63) is 29.8 Å². The largest absolute Gasteiger partial charge is 0.300 e. The number of hydrogen-bond donors (Lipinski definition) is 0. The van der Waals surface area contributed by atoms with Crippen LogP contribution in [0.5, 0.6) is 0 Å². The van der Waals surface area contributed by atoms with Gasteiger partial charge in [0.05, 0.1) is 4.90 Å². The summed E-state index contributed by atoms with van der Waals surface area (Å²) in [5.74, 6) is 0.852. The van der Waals surface area contributed by atoms with Gasteiger partial charge in [-0.2, -0.15) is 4.31 Å². The number of nitrogens with zero attached hydrogens (tertiary/aromatic N) is 1. The van der Waals surface area contributed by atoms with Crippen molar-refractivity contribution < 1.29 is 13.2 Å². The van der Waals surface area contributed by atoms with Crippen molar-refractivity contribution in [3.63, 3.8) is 0 Å². The molecular formula is C15H19NO3S. The van der Waals surface area contributed by atoms with E-state index in [9.17, 15) is 13.2 Å². The third-order valence-corrected chi connectivity index (χ3v) is 6.33. The first kappa shape index (κ1) is 13.8. The number of rotatable bonds is 2. The van der Waals surface area contributed by atoms with Crippen LogP contribution >= 0.6 is 0 Å². The van der Waals surface area contributed by atoms with Crippen molar-refractivity contribution in [2.45, 2.75) is 31.1 Å². The second-order valence-corrected chi connectivity index (χ2v) is 7.87. The summed E-state index contributed by atoms with van der Waals surface area (Å²) in [6.07, 6.45) is 1.99. The van der Waals surface area contributed by atoms with E-state index < -0.39 is 10.0 Å². The second kappa shape index (κ2) is 4.97. The van der Waals surface area contributed by atoms with Crippen molar-refractivity contribution >= 4 is 15.8 Å². The molecule has 1 saturated heterocycles. The van der Waals surface area contributed by atoms with Gasteiger partial charge in [0.1, 0.15) is 5.78 Å². The molecule has 1 aliphatic carbocycles. The van der Waals surface area contributed by atoms with Crippen LogP contribution in [-0.2, 0) is 14.8 Å². The molecule has 20 heavy (non-hydrogen) atoms. The SMILES string of the molecule is Cc1ccc(S(=O)(=O)N2C[C@@H]3CCC(=O)C[C@H]3C2)cc1. The van der Waals surface area contributed by atoms with Gasteiger partial charge in [-0.3, -0.25) is 4.79 Å². The van der Waals surface area contributed by atoms with Crippen LogP contribution in [0.3, 0.4) is 0 Å². The Balaban J connectivity index is 1.83. The maximum absolute atomic E-state index is 12.6. The monoisotopic (exact) mass is 293 g/mol. The molecule has 0 N–H and O–H groups in total. The van der Waals surface area contributed by atoms with Gasteiger partial charge in [0.15, 0.2) is 0 Å². The topological polar surface area (TPSA) is 54.5 Å². The molecule has 1 aromatic carbocycles. The standard InChI is InChI=1S/C15H19NO3S/c1-11-2-6-15(7-3-11)20(18,19)16-9-12-4-5-14(17)8-13(12)10-16/h2-3,6-7,12-13H,4-5,8-10H2,1H3/t12-,13-/m0/s1. The van der Waals surface area contributed by atoms with Gasteiger partial charge in [0.25, 0.3) is 0 Å². The molecule has 0 unspecified atom stereocenters. The zero-order valence-electron chi connectivity index (χ0n) is 11.6. The van der Waals surface area contributed by atoms with Gasteiger partial charge < -0.3 is 0 Å². The molecule has 0 spiro atoms. The first-order valence-electron chi connectivity index (χ1n) is 7.05. The number of benzene rings is 1. The Morgan fingerprint density at radius 2 is 1.75 bits per heavy atom. The van der Waals surface area contributed by atoms with Crippen LogP contribution in [0.15, 0.2) is 29.2 Å². The molecule has 0 radical (unpaired) electrons. The van der Waals surface area contributed by atoms with E-state index in [1.54, 1.807) is 16.4 Å². The molecule has 3 rings (SSSR count). The van der Waals surface area contributed by atoms with Crippen LogP contribution in [-0.4, -0.2) is 31.6 Å². The molecule has 1 heterocycles. The highest BCUT2D eigenvalue weighted by Crippen LogP contribution is 2.37. The van der Waals surface area contributed by atoms with Gasteiger partial charge in [0.2, 0.25) is 10.0 Å². The van der Waals surface area contributed by atoms with Gasteiger partial charge in [0, 0.05) is 25.9 Å². The highest BCUT2D eigenvalue weighted by molar-refractivity contribution is 7.89. The van der Waals surface area contributed by atoms with Crippen LogP contribution in [0, 0.1) is 18.8 Å². The number of carbonyl (C=O) groups excluding carboxylic acids is 1. The predicted octanol–water partition coefficient (Wildman–Crippen LogP) is 1.98. The minimum absolute atomic E-state index is 0.219. The molecule has 5 heteroatoms. The lowest BCUT2D eigenvalue weighted by Gasteiger charge is -2.22. The van der Waals surface area contributed by atoms with E-state index in [2.05, 4.69) is 0 Å². The fraction of sp³-hybridized carbons (Fsp3) is 0.533. The van der Waals surface area contributed by atoms with E-state index >= 15 is 0 Å². The molecule has 108 valence electrons. The highest BCUT2D eigenvalue weighted by atomic mass is 32.2. The maximum atomic E-state index is 12.6. The number of carbonyl (C=O) groups is 1. The van der Waals surface area contributed by atoms with Gasteiger partial charge in [-0.25, -0.2) is 8.42 Å². The maximum Gasteiger partial charge on any atom is 0.243 e. The Kier molecular flexibility index (Phi) is 3.42. The van der Waals surface area contributed by atoms with Gasteiger partial charge >= 0.3 is 0 Å². The van der Waals surface area contributed by atoms with E-state index in [0.29, 0.717) is 36.7 Å².